The van der Waals surface area contributed by atoms with Gasteiger partial charge in [0.15, 0.2) is 5.96 Å². The quantitative estimate of drug-likeness (QED) is 0.262. The maximum Gasteiger partial charge on any atom is 0.213 e. The number of halogens is 1. The lowest BCUT2D eigenvalue weighted by atomic mass is 10.2. The van der Waals surface area contributed by atoms with Gasteiger partial charge in [0.25, 0.3) is 0 Å². The molecule has 0 bridgehead atoms. The SMILES string of the molecule is CCNC(=NCc1ccnc(OCc2ccccc2)c1)NCc1ncc(C)s1.I. The van der Waals surface area contributed by atoms with Crippen LogP contribution in [0.15, 0.2) is 59.9 Å². The molecule has 0 spiro atoms. The van der Waals surface area contributed by atoms with E-state index in [-0.39, 0.29) is 24.0 Å². The number of pyridine rings is 1. The van der Waals surface area contributed by atoms with Crippen molar-refractivity contribution in [1.29, 1.82) is 0 Å². The molecule has 8 heteroatoms. The van der Waals surface area contributed by atoms with Crippen LogP contribution in [0.4, 0.5) is 0 Å². The fourth-order valence-electron chi connectivity index (χ4n) is 2.51. The van der Waals surface area contributed by atoms with Gasteiger partial charge in [0.1, 0.15) is 11.6 Å². The molecular weight excluding hydrogens is 497 g/mol. The minimum Gasteiger partial charge on any atom is -0.473 e. The van der Waals surface area contributed by atoms with Crippen molar-refractivity contribution in [2.24, 2.45) is 4.99 Å². The summed E-state index contributed by atoms with van der Waals surface area (Å²) in [5.41, 5.74) is 2.16. The number of nitrogens with one attached hydrogen (secondary N) is 2. The highest BCUT2D eigenvalue weighted by molar-refractivity contribution is 14.0. The molecule has 0 aliphatic heterocycles. The lowest BCUT2D eigenvalue weighted by Crippen LogP contribution is -2.36. The molecule has 3 rings (SSSR count). The van der Waals surface area contributed by atoms with E-state index in [1.165, 1.54) is 4.88 Å². The predicted octanol–water partition coefficient (Wildman–Crippen LogP) is 4.30. The average Bonchev–Trinajstić information content (AvgIpc) is 3.15. The summed E-state index contributed by atoms with van der Waals surface area (Å²) < 4.78 is 5.80. The highest BCUT2D eigenvalue weighted by atomic mass is 127. The highest BCUT2D eigenvalue weighted by Gasteiger charge is 2.03. The molecule has 2 heterocycles. The van der Waals surface area contributed by atoms with Gasteiger partial charge in [-0.2, -0.15) is 0 Å². The zero-order valence-electron chi connectivity index (χ0n) is 16.6. The molecule has 6 nitrogen and oxygen atoms in total. The summed E-state index contributed by atoms with van der Waals surface area (Å²) in [6.45, 7) is 6.60. The van der Waals surface area contributed by atoms with E-state index in [9.17, 15) is 0 Å². The number of aliphatic imine (C=N–C) groups is 1. The number of aromatic nitrogens is 2. The fourth-order valence-corrected chi connectivity index (χ4v) is 3.24. The van der Waals surface area contributed by atoms with Crippen LogP contribution in [0.1, 0.15) is 27.9 Å². The van der Waals surface area contributed by atoms with E-state index in [1.807, 2.05) is 55.6 Å². The Morgan fingerprint density at radius 3 is 2.66 bits per heavy atom. The number of benzene rings is 1. The smallest absolute Gasteiger partial charge is 0.213 e. The van der Waals surface area contributed by atoms with Crippen LogP contribution in [-0.2, 0) is 19.7 Å². The van der Waals surface area contributed by atoms with E-state index in [4.69, 9.17) is 4.74 Å². The van der Waals surface area contributed by atoms with Gasteiger partial charge >= 0.3 is 0 Å². The molecule has 3 aromatic rings. The molecule has 0 aliphatic carbocycles. The third kappa shape index (κ3) is 7.98. The average molecular weight is 523 g/mol. The Balaban J connectivity index is 0.00000300. The van der Waals surface area contributed by atoms with E-state index in [0.717, 1.165) is 28.6 Å². The van der Waals surface area contributed by atoms with Crippen molar-refractivity contribution in [1.82, 2.24) is 20.6 Å². The van der Waals surface area contributed by atoms with Gasteiger partial charge in [-0.1, -0.05) is 30.3 Å². The summed E-state index contributed by atoms with van der Waals surface area (Å²) in [5.74, 6) is 1.37. The number of ether oxygens (including phenoxy) is 1. The number of nitrogens with zero attached hydrogens (tertiary/aromatic N) is 3. The first-order chi connectivity index (χ1) is 13.7. The van der Waals surface area contributed by atoms with Crippen molar-refractivity contribution in [3.8, 4) is 5.88 Å². The van der Waals surface area contributed by atoms with Crippen molar-refractivity contribution in [2.75, 3.05) is 6.54 Å². The van der Waals surface area contributed by atoms with E-state index >= 15 is 0 Å². The Morgan fingerprint density at radius 2 is 1.93 bits per heavy atom. The molecule has 154 valence electrons. The molecule has 0 saturated heterocycles. The van der Waals surface area contributed by atoms with E-state index in [2.05, 4.69) is 32.5 Å². The number of hydrogen-bond acceptors (Lipinski definition) is 5. The molecule has 2 N–H and O–H groups in total. The molecule has 0 radical (unpaired) electrons. The molecule has 0 aliphatic rings. The van der Waals surface area contributed by atoms with Crippen molar-refractivity contribution in [3.63, 3.8) is 0 Å². The monoisotopic (exact) mass is 523 g/mol. The van der Waals surface area contributed by atoms with Crippen LogP contribution in [-0.4, -0.2) is 22.5 Å². The zero-order chi connectivity index (χ0) is 19.6. The van der Waals surface area contributed by atoms with Gasteiger partial charge in [-0.25, -0.2) is 15.0 Å². The number of guanidine groups is 1. The van der Waals surface area contributed by atoms with Gasteiger partial charge in [0.05, 0.1) is 13.1 Å². The molecule has 0 amide bonds. The first-order valence-electron chi connectivity index (χ1n) is 9.28. The summed E-state index contributed by atoms with van der Waals surface area (Å²) in [7, 11) is 0. The van der Waals surface area contributed by atoms with E-state index in [1.54, 1.807) is 17.5 Å². The van der Waals surface area contributed by atoms with Crippen LogP contribution in [0.2, 0.25) is 0 Å². The minimum absolute atomic E-state index is 0. The number of thiazole rings is 1. The van der Waals surface area contributed by atoms with Crippen LogP contribution in [0.3, 0.4) is 0 Å². The van der Waals surface area contributed by atoms with Crippen molar-refractivity contribution >= 4 is 41.3 Å². The molecular formula is C21H26IN5OS. The predicted molar refractivity (Wildman–Crippen MR) is 129 cm³/mol. The van der Waals surface area contributed by atoms with Crippen molar-refractivity contribution in [3.05, 3.63) is 75.9 Å². The maximum absolute atomic E-state index is 5.80. The summed E-state index contributed by atoms with van der Waals surface area (Å²) in [6, 6.07) is 13.9. The first kappa shape index (κ1) is 23.1. The van der Waals surface area contributed by atoms with Gasteiger partial charge in [-0.05, 0) is 31.0 Å². The summed E-state index contributed by atoms with van der Waals surface area (Å²) in [5, 5.41) is 7.63. The molecule has 2 aromatic heterocycles. The Labute approximate surface area is 192 Å². The van der Waals surface area contributed by atoms with Crippen LogP contribution in [0.5, 0.6) is 5.88 Å². The van der Waals surface area contributed by atoms with Gasteiger partial charge in [-0.3, -0.25) is 0 Å². The minimum atomic E-state index is 0. The van der Waals surface area contributed by atoms with Crippen LogP contribution >= 0.6 is 35.3 Å². The van der Waals surface area contributed by atoms with Crippen LogP contribution in [0.25, 0.3) is 0 Å². The van der Waals surface area contributed by atoms with Gasteiger partial charge in [-0.15, -0.1) is 35.3 Å². The van der Waals surface area contributed by atoms with Crippen LogP contribution in [0, 0.1) is 6.92 Å². The Hall–Kier alpha value is -2.20. The van der Waals surface area contributed by atoms with E-state index < -0.39 is 0 Å². The second-order valence-electron chi connectivity index (χ2n) is 6.19. The van der Waals surface area contributed by atoms with E-state index in [0.29, 0.717) is 25.6 Å². The number of rotatable bonds is 8. The second kappa shape index (κ2) is 12.4. The topological polar surface area (TPSA) is 71.4 Å². The van der Waals surface area contributed by atoms with Gasteiger partial charge in [0, 0.05) is 29.9 Å². The Kier molecular flexibility index (Phi) is 9.85. The maximum atomic E-state index is 5.80. The molecule has 0 saturated carbocycles. The third-order valence-corrected chi connectivity index (χ3v) is 4.78. The molecule has 29 heavy (non-hydrogen) atoms. The fraction of sp³-hybridized carbons (Fsp3) is 0.286. The van der Waals surface area contributed by atoms with Crippen molar-refractivity contribution < 1.29 is 4.74 Å². The summed E-state index contributed by atoms with van der Waals surface area (Å²) in [4.78, 5) is 14.5. The zero-order valence-corrected chi connectivity index (χ0v) is 19.7. The van der Waals surface area contributed by atoms with Crippen LogP contribution < -0.4 is 15.4 Å². The van der Waals surface area contributed by atoms with Gasteiger partial charge < -0.3 is 15.4 Å². The first-order valence-corrected chi connectivity index (χ1v) is 10.1. The standard InChI is InChI=1S/C21H25N5OS.HI/c1-3-22-21(26-14-20-24-12-16(2)28-20)25-13-18-9-10-23-19(11-18)27-15-17-7-5-4-6-8-17;/h4-12H,3,13-15H2,1-2H3,(H2,22,25,26);1H. The molecule has 0 unspecified atom stereocenters. The number of hydrogen-bond donors (Lipinski definition) is 2. The second-order valence-corrected chi connectivity index (χ2v) is 7.51. The Bertz CT molecular complexity index is 901. The largest absolute Gasteiger partial charge is 0.473 e. The third-order valence-electron chi connectivity index (χ3n) is 3.87. The normalized spacial score (nSPS) is 10.9. The summed E-state index contributed by atoms with van der Waals surface area (Å²) in [6.07, 6.45) is 3.64. The lowest BCUT2D eigenvalue weighted by molar-refractivity contribution is 0.293. The number of aryl methyl sites for hydroxylation is 1. The molecule has 1 aromatic carbocycles. The lowest BCUT2D eigenvalue weighted by Gasteiger charge is -2.10. The highest BCUT2D eigenvalue weighted by Crippen LogP contribution is 2.13. The summed E-state index contributed by atoms with van der Waals surface area (Å²) >= 11 is 1.69. The molecule has 0 fully saturated rings. The molecule has 0 atom stereocenters. The van der Waals surface area contributed by atoms with Gasteiger partial charge in [0.2, 0.25) is 5.88 Å². The van der Waals surface area contributed by atoms with Crippen molar-refractivity contribution in [2.45, 2.75) is 33.5 Å². The Morgan fingerprint density at radius 1 is 1.10 bits per heavy atom.